The average Bonchev–Trinajstić information content (AvgIpc) is 3.24. The number of aromatic nitrogens is 4. The number of thioether (sulfide) groups is 1. The van der Waals surface area contributed by atoms with E-state index in [9.17, 15) is 4.79 Å². The molecule has 0 aromatic carbocycles. The van der Waals surface area contributed by atoms with Crippen molar-refractivity contribution >= 4 is 17.7 Å². The summed E-state index contributed by atoms with van der Waals surface area (Å²) in [7, 11) is 0. The zero-order valence-electron chi connectivity index (χ0n) is 15.7. The van der Waals surface area contributed by atoms with E-state index < -0.39 is 0 Å². The summed E-state index contributed by atoms with van der Waals surface area (Å²) >= 11 is 1.56. The summed E-state index contributed by atoms with van der Waals surface area (Å²) in [6, 6.07) is 1.69. The van der Waals surface area contributed by atoms with Crippen molar-refractivity contribution in [1.29, 1.82) is 0 Å². The van der Waals surface area contributed by atoms with E-state index in [0.29, 0.717) is 5.92 Å². The van der Waals surface area contributed by atoms with Crippen molar-refractivity contribution in [1.82, 2.24) is 24.8 Å². The van der Waals surface area contributed by atoms with Crippen LogP contribution in [-0.4, -0.2) is 57.3 Å². The number of aromatic amines is 1. The lowest BCUT2D eigenvalue weighted by Crippen LogP contribution is -2.33. The molecular weight excluding hydrogens is 360 g/mol. The van der Waals surface area contributed by atoms with Crippen molar-refractivity contribution in [3.05, 3.63) is 40.1 Å². The molecule has 0 aliphatic carbocycles. The number of H-pyrrole nitrogens is 1. The van der Waals surface area contributed by atoms with E-state index in [1.807, 2.05) is 18.6 Å². The number of nitrogens with zero attached hydrogens (tertiary/aromatic N) is 5. The summed E-state index contributed by atoms with van der Waals surface area (Å²) in [4.78, 5) is 33.2. The van der Waals surface area contributed by atoms with Crippen molar-refractivity contribution in [2.45, 2.75) is 43.3 Å². The van der Waals surface area contributed by atoms with E-state index in [1.165, 1.54) is 12.8 Å². The SMILES string of the molecule is CSc1ncc(CN2CCC(c3cc(=O)[nH]c(N4CCCC4)n3)CC2)cn1. The van der Waals surface area contributed by atoms with Crippen LogP contribution in [0.1, 0.15) is 42.9 Å². The second kappa shape index (κ2) is 8.39. The summed E-state index contributed by atoms with van der Waals surface area (Å²) < 4.78 is 0. The predicted molar refractivity (Wildman–Crippen MR) is 107 cm³/mol. The van der Waals surface area contributed by atoms with Crippen molar-refractivity contribution in [2.24, 2.45) is 0 Å². The highest BCUT2D eigenvalue weighted by molar-refractivity contribution is 7.98. The summed E-state index contributed by atoms with van der Waals surface area (Å²) in [6.07, 6.45) is 10.2. The monoisotopic (exact) mass is 386 g/mol. The molecule has 1 N–H and O–H groups in total. The van der Waals surface area contributed by atoms with Crippen LogP contribution >= 0.6 is 11.8 Å². The maximum absolute atomic E-state index is 12.1. The van der Waals surface area contributed by atoms with Crippen molar-refractivity contribution in [3.63, 3.8) is 0 Å². The van der Waals surface area contributed by atoms with Crippen LogP contribution in [-0.2, 0) is 6.54 Å². The number of nitrogens with one attached hydrogen (secondary N) is 1. The van der Waals surface area contributed by atoms with Gasteiger partial charge in [0.05, 0.1) is 5.69 Å². The lowest BCUT2D eigenvalue weighted by atomic mass is 9.93. The molecule has 7 nitrogen and oxygen atoms in total. The second-order valence-electron chi connectivity index (χ2n) is 7.32. The smallest absolute Gasteiger partial charge is 0.252 e. The van der Waals surface area contributed by atoms with Crippen LogP contribution in [0, 0.1) is 0 Å². The lowest BCUT2D eigenvalue weighted by molar-refractivity contribution is 0.202. The Morgan fingerprint density at radius 2 is 1.85 bits per heavy atom. The summed E-state index contributed by atoms with van der Waals surface area (Å²) in [5, 5.41) is 0.812. The average molecular weight is 387 g/mol. The Labute approximate surface area is 163 Å². The Kier molecular flexibility index (Phi) is 5.73. The molecular formula is C19H26N6OS. The van der Waals surface area contributed by atoms with E-state index in [0.717, 1.165) is 67.9 Å². The molecule has 2 aromatic heterocycles. The van der Waals surface area contributed by atoms with Crippen LogP contribution in [0.15, 0.2) is 28.4 Å². The van der Waals surface area contributed by atoms with E-state index >= 15 is 0 Å². The Morgan fingerprint density at radius 1 is 1.15 bits per heavy atom. The fourth-order valence-corrected chi connectivity index (χ4v) is 4.24. The summed E-state index contributed by atoms with van der Waals surface area (Å²) in [5.74, 6) is 1.11. The highest BCUT2D eigenvalue weighted by Gasteiger charge is 2.24. The van der Waals surface area contributed by atoms with Gasteiger partial charge in [0.15, 0.2) is 5.16 Å². The second-order valence-corrected chi connectivity index (χ2v) is 8.09. The van der Waals surface area contributed by atoms with Crippen molar-refractivity contribution in [3.8, 4) is 0 Å². The zero-order valence-corrected chi connectivity index (χ0v) is 16.5. The molecule has 2 aliphatic heterocycles. The Bertz CT molecular complexity index is 810. The first-order valence-corrected chi connectivity index (χ1v) is 10.9. The first-order chi connectivity index (χ1) is 13.2. The number of rotatable bonds is 5. The minimum atomic E-state index is -0.0321. The minimum Gasteiger partial charge on any atom is -0.342 e. The fraction of sp³-hybridized carbons (Fsp3) is 0.579. The number of likely N-dealkylation sites (tertiary alicyclic amines) is 1. The molecule has 0 saturated carbocycles. The number of piperidine rings is 1. The van der Waals surface area contributed by atoms with E-state index in [2.05, 4.69) is 24.8 Å². The van der Waals surface area contributed by atoms with E-state index in [4.69, 9.17) is 4.98 Å². The highest BCUT2D eigenvalue weighted by atomic mass is 32.2. The van der Waals surface area contributed by atoms with Gasteiger partial charge in [0.2, 0.25) is 5.95 Å². The predicted octanol–water partition coefficient (Wildman–Crippen LogP) is 2.26. The van der Waals surface area contributed by atoms with Gasteiger partial charge in [-0.15, -0.1) is 0 Å². The van der Waals surface area contributed by atoms with Gasteiger partial charge in [-0.3, -0.25) is 14.7 Å². The van der Waals surface area contributed by atoms with E-state index in [-0.39, 0.29) is 5.56 Å². The quantitative estimate of drug-likeness (QED) is 0.624. The van der Waals surface area contributed by atoms with Crippen LogP contribution in [0.25, 0.3) is 0 Å². The first-order valence-electron chi connectivity index (χ1n) is 9.65. The van der Waals surface area contributed by atoms with Crippen LogP contribution in [0.2, 0.25) is 0 Å². The van der Waals surface area contributed by atoms with Gasteiger partial charge < -0.3 is 4.90 Å². The third-order valence-corrected chi connectivity index (χ3v) is 6.01. The van der Waals surface area contributed by atoms with E-state index in [1.54, 1.807) is 17.8 Å². The topological polar surface area (TPSA) is 78.0 Å². The molecule has 27 heavy (non-hydrogen) atoms. The molecule has 2 aromatic rings. The third kappa shape index (κ3) is 4.50. The minimum absolute atomic E-state index is 0.0321. The zero-order chi connectivity index (χ0) is 18.6. The largest absolute Gasteiger partial charge is 0.342 e. The fourth-order valence-electron chi connectivity index (χ4n) is 3.93. The van der Waals surface area contributed by atoms with Gasteiger partial charge in [0.25, 0.3) is 5.56 Å². The van der Waals surface area contributed by atoms with Gasteiger partial charge in [-0.2, -0.15) is 0 Å². The van der Waals surface area contributed by atoms with Crippen molar-refractivity contribution < 1.29 is 0 Å². The van der Waals surface area contributed by atoms with Gasteiger partial charge in [-0.25, -0.2) is 15.0 Å². The maximum Gasteiger partial charge on any atom is 0.252 e. The number of hydrogen-bond donors (Lipinski definition) is 1. The van der Waals surface area contributed by atoms with Crippen LogP contribution in [0.5, 0.6) is 0 Å². The Morgan fingerprint density at radius 3 is 2.52 bits per heavy atom. The van der Waals surface area contributed by atoms with Gasteiger partial charge in [0, 0.05) is 49.6 Å². The molecule has 144 valence electrons. The van der Waals surface area contributed by atoms with Crippen molar-refractivity contribution in [2.75, 3.05) is 37.3 Å². The normalized spacial score (nSPS) is 18.9. The number of anilines is 1. The molecule has 0 bridgehead atoms. The Hall–Kier alpha value is -1.93. The van der Waals surface area contributed by atoms with Crippen LogP contribution < -0.4 is 10.5 Å². The standard InChI is InChI=1S/C19H26N6OS/c1-27-19-20-11-14(12-21-19)13-24-8-4-15(5-9-24)16-10-17(26)23-18(22-16)25-6-2-3-7-25/h10-12,15H,2-9,13H2,1H3,(H,22,23,26). The molecule has 2 aliphatic rings. The molecule has 4 rings (SSSR count). The molecule has 0 radical (unpaired) electrons. The lowest BCUT2D eigenvalue weighted by Gasteiger charge is -2.31. The Balaban J connectivity index is 1.38. The maximum atomic E-state index is 12.1. The van der Waals surface area contributed by atoms with Gasteiger partial charge in [-0.1, -0.05) is 11.8 Å². The first kappa shape index (κ1) is 18.4. The molecule has 0 atom stereocenters. The third-order valence-electron chi connectivity index (χ3n) is 5.43. The number of hydrogen-bond acceptors (Lipinski definition) is 7. The molecule has 2 fully saturated rings. The van der Waals surface area contributed by atoms with Crippen LogP contribution in [0.4, 0.5) is 5.95 Å². The van der Waals surface area contributed by atoms with Gasteiger partial charge in [0.1, 0.15) is 0 Å². The van der Waals surface area contributed by atoms with Crippen LogP contribution in [0.3, 0.4) is 0 Å². The molecule has 8 heteroatoms. The van der Waals surface area contributed by atoms with Gasteiger partial charge >= 0.3 is 0 Å². The summed E-state index contributed by atoms with van der Waals surface area (Å²) in [5.41, 5.74) is 2.07. The van der Waals surface area contributed by atoms with Gasteiger partial charge in [-0.05, 0) is 45.0 Å². The molecule has 0 amide bonds. The molecule has 0 spiro atoms. The highest BCUT2D eigenvalue weighted by Crippen LogP contribution is 2.28. The molecule has 2 saturated heterocycles. The molecule has 0 unspecified atom stereocenters. The molecule has 4 heterocycles. The summed E-state index contributed by atoms with van der Waals surface area (Å²) in [6.45, 7) is 4.86.